The van der Waals surface area contributed by atoms with Gasteiger partial charge in [-0.2, -0.15) is 16.8 Å². The summed E-state index contributed by atoms with van der Waals surface area (Å²) in [5.74, 6) is 0.990. The molecule has 0 atom stereocenters. The van der Waals surface area contributed by atoms with Crippen LogP contribution in [0.1, 0.15) is 11.1 Å². The predicted octanol–water partition coefficient (Wildman–Crippen LogP) is 11.2. The standard InChI is InChI=1S/C50H42O8S2/c1-35-21-25-41(26-22-35)59(51,52)57-31-29-55-49-45(37-13-5-3-6-14-37)33-39-17-9-11-19-43(39)47(49)48-44-20-12-10-18-40(44)34-46(38-15-7-4-8-16-38)50(48)56-30-32-58-60(53,54)42-27-23-36(2)24-28-42/h3-28,33-34H,29-32H2,1-2H3. The number of rotatable bonds is 15. The van der Waals surface area contributed by atoms with E-state index in [2.05, 4.69) is 12.1 Å². The molecule has 302 valence electrons. The Kier molecular flexibility index (Phi) is 11.8. The summed E-state index contributed by atoms with van der Waals surface area (Å²) in [7, 11) is -8.12. The molecule has 0 heterocycles. The van der Waals surface area contributed by atoms with Crippen LogP contribution in [0.25, 0.3) is 54.9 Å². The van der Waals surface area contributed by atoms with Gasteiger partial charge in [-0.25, -0.2) is 0 Å². The van der Waals surface area contributed by atoms with Crippen molar-refractivity contribution in [1.29, 1.82) is 0 Å². The molecule has 0 fully saturated rings. The molecule has 8 aromatic carbocycles. The summed E-state index contributed by atoms with van der Waals surface area (Å²) in [6, 6.07) is 52.9. The first-order valence-corrected chi connectivity index (χ1v) is 22.3. The summed E-state index contributed by atoms with van der Waals surface area (Å²) in [4.78, 5) is 0.122. The van der Waals surface area contributed by atoms with Crippen LogP contribution in [0.3, 0.4) is 0 Å². The summed E-state index contributed by atoms with van der Waals surface area (Å²) < 4.78 is 77.4. The highest BCUT2D eigenvalue weighted by Gasteiger charge is 2.26. The van der Waals surface area contributed by atoms with Crippen molar-refractivity contribution < 1.29 is 34.7 Å². The SMILES string of the molecule is Cc1ccc(S(=O)(=O)OCCOc2c(-c3ccccc3)cc3ccccc3c2-c2c(OCCOS(=O)(=O)c3ccc(C)cc3)c(-c3ccccc3)cc3ccccc23)cc1. The highest BCUT2D eigenvalue weighted by Crippen LogP contribution is 2.52. The second kappa shape index (κ2) is 17.5. The Morgan fingerprint density at radius 3 is 1.13 bits per heavy atom. The van der Waals surface area contributed by atoms with Crippen molar-refractivity contribution in [3.63, 3.8) is 0 Å². The molecule has 0 unspecified atom stereocenters. The number of hydrogen-bond donors (Lipinski definition) is 0. The summed E-state index contributed by atoms with van der Waals surface area (Å²) in [6.07, 6.45) is 0. The maximum atomic E-state index is 13.2. The second-order valence-electron chi connectivity index (χ2n) is 14.3. The molecule has 0 aliphatic heterocycles. The molecule has 0 N–H and O–H groups in total. The van der Waals surface area contributed by atoms with Gasteiger partial charge in [-0.15, -0.1) is 0 Å². The van der Waals surface area contributed by atoms with Crippen LogP contribution < -0.4 is 9.47 Å². The lowest BCUT2D eigenvalue weighted by Gasteiger charge is -2.24. The average molecular weight is 835 g/mol. The summed E-state index contributed by atoms with van der Waals surface area (Å²) in [6.45, 7) is 3.06. The highest BCUT2D eigenvalue weighted by molar-refractivity contribution is 7.87. The van der Waals surface area contributed by atoms with Crippen molar-refractivity contribution in [3.8, 4) is 44.9 Å². The van der Waals surface area contributed by atoms with Gasteiger partial charge in [-0.1, -0.05) is 145 Å². The van der Waals surface area contributed by atoms with E-state index in [0.29, 0.717) is 22.6 Å². The third kappa shape index (κ3) is 8.68. The molecular formula is C50H42O8S2. The second-order valence-corrected chi connectivity index (χ2v) is 17.5. The topological polar surface area (TPSA) is 105 Å². The third-order valence-corrected chi connectivity index (χ3v) is 12.8. The monoisotopic (exact) mass is 834 g/mol. The molecule has 8 nitrogen and oxygen atoms in total. The van der Waals surface area contributed by atoms with E-state index < -0.39 is 20.2 Å². The van der Waals surface area contributed by atoms with E-state index in [4.69, 9.17) is 17.8 Å². The van der Waals surface area contributed by atoms with Crippen LogP contribution in [-0.4, -0.2) is 43.3 Å². The van der Waals surface area contributed by atoms with E-state index in [1.807, 2.05) is 123 Å². The molecule has 0 saturated carbocycles. The van der Waals surface area contributed by atoms with Gasteiger partial charge < -0.3 is 9.47 Å². The van der Waals surface area contributed by atoms with Gasteiger partial charge in [-0.3, -0.25) is 8.37 Å². The molecule has 0 amide bonds. The zero-order valence-electron chi connectivity index (χ0n) is 33.1. The van der Waals surface area contributed by atoms with Gasteiger partial charge in [0, 0.05) is 22.3 Å². The van der Waals surface area contributed by atoms with Crippen LogP contribution in [0.4, 0.5) is 0 Å². The van der Waals surface area contributed by atoms with Crippen LogP contribution >= 0.6 is 0 Å². The Morgan fingerprint density at radius 1 is 0.400 bits per heavy atom. The molecule has 0 bridgehead atoms. The van der Waals surface area contributed by atoms with E-state index in [9.17, 15) is 16.8 Å². The fraction of sp³-hybridized carbons (Fsp3) is 0.120. The molecule has 0 radical (unpaired) electrons. The zero-order valence-corrected chi connectivity index (χ0v) is 34.7. The van der Waals surface area contributed by atoms with Crippen LogP contribution in [0.5, 0.6) is 11.5 Å². The Hall–Kier alpha value is -6.30. The molecule has 8 aromatic rings. The summed E-state index contributed by atoms with van der Waals surface area (Å²) in [5, 5.41) is 3.59. The molecule has 0 aromatic heterocycles. The van der Waals surface area contributed by atoms with E-state index in [-0.39, 0.29) is 36.2 Å². The van der Waals surface area contributed by atoms with Crippen LogP contribution in [0.2, 0.25) is 0 Å². The molecule has 0 saturated heterocycles. The van der Waals surface area contributed by atoms with Crippen molar-refractivity contribution in [3.05, 3.63) is 181 Å². The fourth-order valence-corrected chi connectivity index (χ4v) is 9.02. The molecule has 0 spiro atoms. The highest BCUT2D eigenvalue weighted by atomic mass is 32.2. The van der Waals surface area contributed by atoms with E-state index in [0.717, 1.165) is 54.9 Å². The van der Waals surface area contributed by atoms with Crippen LogP contribution in [-0.2, 0) is 28.6 Å². The number of ether oxygens (including phenoxy) is 2. The van der Waals surface area contributed by atoms with Gasteiger partial charge >= 0.3 is 0 Å². The number of benzene rings is 8. The molecular weight excluding hydrogens is 793 g/mol. The van der Waals surface area contributed by atoms with Crippen molar-refractivity contribution in [2.24, 2.45) is 0 Å². The van der Waals surface area contributed by atoms with Gasteiger partial charge in [0.1, 0.15) is 37.9 Å². The number of fused-ring (bicyclic) bond motifs is 2. The number of aryl methyl sites for hydroxylation is 2. The minimum absolute atomic E-state index is 0.0612. The Balaban J connectivity index is 1.28. The maximum Gasteiger partial charge on any atom is 0.297 e. The van der Waals surface area contributed by atoms with E-state index >= 15 is 0 Å². The zero-order chi connectivity index (χ0) is 41.7. The van der Waals surface area contributed by atoms with Crippen LogP contribution in [0, 0.1) is 13.8 Å². The van der Waals surface area contributed by atoms with Gasteiger partial charge in [-0.05, 0) is 82.9 Å². The Labute approximate surface area is 350 Å². The third-order valence-electron chi connectivity index (χ3n) is 10.2. The van der Waals surface area contributed by atoms with Crippen LogP contribution in [0.15, 0.2) is 180 Å². The Morgan fingerprint density at radius 2 is 0.750 bits per heavy atom. The molecule has 0 aliphatic carbocycles. The first-order chi connectivity index (χ1) is 29.1. The van der Waals surface area contributed by atoms with Crippen molar-refractivity contribution >= 4 is 41.8 Å². The predicted molar refractivity (Wildman–Crippen MR) is 237 cm³/mol. The first kappa shape index (κ1) is 40.5. The molecule has 10 heteroatoms. The normalized spacial score (nSPS) is 11.8. The summed E-state index contributed by atoms with van der Waals surface area (Å²) >= 11 is 0. The molecule has 8 rings (SSSR count). The van der Waals surface area contributed by atoms with Gasteiger partial charge in [0.15, 0.2) is 0 Å². The van der Waals surface area contributed by atoms with Gasteiger partial charge in [0.2, 0.25) is 0 Å². The van der Waals surface area contributed by atoms with Crippen molar-refractivity contribution in [2.45, 2.75) is 23.6 Å². The summed E-state index contributed by atoms with van der Waals surface area (Å²) in [5.41, 5.74) is 6.61. The first-order valence-electron chi connectivity index (χ1n) is 19.5. The average Bonchev–Trinajstić information content (AvgIpc) is 3.27. The quantitative estimate of drug-likeness (QED) is 0.0743. The van der Waals surface area contributed by atoms with Crippen molar-refractivity contribution in [1.82, 2.24) is 0 Å². The maximum absolute atomic E-state index is 13.2. The fourth-order valence-electron chi connectivity index (χ4n) is 7.24. The molecule has 60 heavy (non-hydrogen) atoms. The lowest BCUT2D eigenvalue weighted by molar-refractivity contribution is 0.220. The van der Waals surface area contributed by atoms with E-state index in [1.54, 1.807) is 24.3 Å². The minimum Gasteiger partial charge on any atom is -0.490 e. The smallest absolute Gasteiger partial charge is 0.297 e. The largest absolute Gasteiger partial charge is 0.490 e. The van der Waals surface area contributed by atoms with Crippen molar-refractivity contribution in [2.75, 3.05) is 26.4 Å². The lowest BCUT2D eigenvalue weighted by Crippen LogP contribution is -2.14. The van der Waals surface area contributed by atoms with E-state index in [1.165, 1.54) is 24.3 Å². The minimum atomic E-state index is -4.06. The lowest BCUT2D eigenvalue weighted by atomic mass is 9.86. The molecule has 0 aliphatic rings. The van der Waals surface area contributed by atoms with Gasteiger partial charge in [0.25, 0.3) is 20.2 Å². The Bertz CT molecular complexity index is 2800. The number of hydrogen-bond acceptors (Lipinski definition) is 8. The van der Waals surface area contributed by atoms with Gasteiger partial charge in [0.05, 0.1) is 9.79 Å².